The first kappa shape index (κ1) is 15.8. The molecule has 0 saturated carbocycles. The highest BCUT2D eigenvalue weighted by Gasteiger charge is 2.20. The van der Waals surface area contributed by atoms with Gasteiger partial charge < -0.3 is 5.32 Å². The van der Waals surface area contributed by atoms with Crippen molar-refractivity contribution in [3.63, 3.8) is 0 Å². The number of piperazine rings is 1. The van der Waals surface area contributed by atoms with E-state index in [1.54, 1.807) is 11.8 Å². The summed E-state index contributed by atoms with van der Waals surface area (Å²) in [6.07, 6.45) is 2.12. The summed E-state index contributed by atoms with van der Waals surface area (Å²) in [6, 6.07) is 10.1. The molecule has 18 heavy (non-hydrogen) atoms. The highest BCUT2D eigenvalue weighted by atomic mass is 35.5. The molecule has 102 valence electrons. The number of benzene rings is 1. The van der Waals surface area contributed by atoms with Crippen LogP contribution in [0.5, 0.6) is 0 Å². The predicted octanol–water partition coefficient (Wildman–Crippen LogP) is 3.01. The molecule has 0 aromatic heterocycles. The van der Waals surface area contributed by atoms with Gasteiger partial charge in [-0.05, 0) is 37.8 Å². The molecule has 1 N–H and O–H groups in total. The lowest BCUT2D eigenvalue weighted by atomic mass is 10.1. The van der Waals surface area contributed by atoms with Crippen LogP contribution in [-0.2, 0) is 6.54 Å². The van der Waals surface area contributed by atoms with E-state index in [4.69, 9.17) is 0 Å². The van der Waals surface area contributed by atoms with E-state index in [-0.39, 0.29) is 12.4 Å². The van der Waals surface area contributed by atoms with Crippen molar-refractivity contribution in [2.75, 3.05) is 19.3 Å². The van der Waals surface area contributed by atoms with E-state index in [1.165, 1.54) is 10.5 Å². The number of halogens is 1. The first-order chi connectivity index (χ1) is 8.17. The van der Waals surface area contributed by atoms with Gasteiger partial charge in [-0.2, -0.15) is 0 Å². The molecule has 2 rings (SSSR count). The van der Waals surface area contributed by atoms with Gasteiger partial charge in [-0.25, -0.2) is 0 Å². The van der Waals surface area contributed by atoms with Crippen molar-refractivity contribution >= 4 is 24.2 Å². The molecule has 1 aromatic rings. The Morgan fingerprint density at radius 2 is 1.72 bits per heavy atom. The molecular formula is C14H23ClN2S. The molecule has 0 aliphatic carbocycles. The zero-order valence-corrected chi connectivity index (χ0v) is 13.0. The number of thioether (sulfide) groups is 1. The maximum atomic E-state index is 3.57. The summed E-state index contributed by atoms with van der Waals surface area (Å²) in [6.45, 7) is 7.90. The van der Waals surface area contributed by atoms with Gasteiger partial charge in [0.1, 0.15) is 0 Å². The van der Waals surface area contributed by atoms with Crippen LogP contribution in [0.15, 0.2) is 29.2 Å². The molecule has 1 fully saturated rings. The minimum Gasteiger partial charge on any atom is -0.309 e. The second-order valence-corrected chi connectivity index (χ2v) is 5.89. The van der Waals surface area contributed by atoms with Crippen molar-refractivity contribution in [1.82, 2.24) is 10.2 Å². The van der Waals surface area contributed by atoms with Crippen LogP contribution in [-0.4, -0.2) is 36.3 Å². The van der Waals surface area contributed by atoms with Crippen LogP contribution in [0.2, 0.25) is 0 Å². The first-order valence-corrected chi connectivity index (χ1v) is 7.51. The monoisotopic (exact) mass is 286 g/mol. The fraction of sp³-hybridized carbons (Fsp3) is 0.571. The normalized spacial score (nSPS) is 24.6. The molecule has 2 atom stereocenters. The zero-order chi connectivity index (χ0) is 12.3. The Morgan fingerprint density at radius 1 is 1.17 bits per heavy atom. The topological polar surface area (TPSA) is 15.3 Å². The molecule has 2 unspecified atom stereocenters. The van der Waals surface area contributed by atoms with Crippen LogP contribution >= 0.6 is 24.2 Å². The van der Waals surface area contributed by atoms with E-state index in [1.807, 2.05) is 0 Å². The minimum atomic E-state index is 0. The molecule has 4 heteroatoms. The third-order valence-corrected chi connectivity index (χ3v) is 3.94. The molecule has 1 saturated heterocycles. The minimum absolute atomic E-state index is 0. The van der Waals surface area contributed by atoms with Crippen molar-refractivity contribution in [3.8, 4) is 0 Å². The van der Waals surface area contributed by atoms with E-state index in [0.717, 1.165) is 19.6 Å². The Labute approximate surface area is 121 Å². The Kier molecular flexibility index (Phi) is 6.50. The van der Waals surface area contributed by atoms with Gasteiger partial charge in [-0.3, -0.25) is 4.90 Å². The number of hydrogen-bond acceptors (Lipinski definition) is 3. The number of nitrogens with zero attached hydrogens (tertiary/aromatic N) is 1. The van der Waals surface area contributed by atoms with Gasteiger partial charge in [0.05, 0.1) is 0 Å². The maximum Gasteiger partial charge on any atom is 0.0235 e. The quantitative estimate of drug-likeness (QED) is 0.860. The molecule has 0 spiro atoms. The summed E-state index contributed by atoms with van der Waals surface area (Å²) in [5, 5.41) is 3.57. The largest absolute Gasteiger partial charge is 0.309 e. The lowest BCUT2D eigenvalue weighted by Crippen LogP contribution is -2.53. The van der Waals surface area contributed by atoms with Crippen molar-refractivity contribution in [2.45, 2.75) is 37.4 Å². The Hall–Kier alpha value is -0.220. The van der Waals surface area contributed by atoms with E-state index in [2.05, 4.69) is 54.6 Å². The van der Waals surface area contributed by atoms with Gasteiger partial charge in [0.2, 0.25) is 0 Å². The fourth-order valence-corrected chi connectivity index (χ4v) is 2.97. The van der Waals surface area contributed by atoms with E-state index < -0.39 is 0 Å². The SMILES string of the molecule is CSc1ccc(CN2CC(C)NC(C)C2)cc1.Cl. The van der Waals surface area contributed by atoms with Gasteiger partial charge >= 0.3 is 0 Å². The fourth-order valence-electron chi connectivity index (χ4n) is 2.56. The molecule has 1 heterocycles. The third kappa shape index (κ3) is 4.47. The molecule has 1 aromatic carbocycles. The molecule has 2 nitrogen and oxygen atoms in total. The summed E-state index contributed by atoms with van der Waals surface area (Å²) in [5.74, 6) is 0. The van der Waals surface area contributed by atoms with Gasteiger partial charge in [-0.15, -0.1) is 24.2 Å². The predicted molar refractivity (Wildman–Crippen MR) is 82.8 cm³/mol. The molecule has 0 bridgehead atoms. The number of hydrogen-bond donors (Lipinski definition) is 1. The lowest BCUT2D eigenvalue weighted by Gasteiger charge is -2.36. The van der Waals surface area contributed by atoms with E-state index in [0.29, 0.717) is 12.1 Å². The highest BCUT2D eigenvalue weighted by Crippen LogP contribution is 2.16. The summed E-state index contributed by atoms with van der Waals surface area (Å²) in [4.78, 5) is 3.88. The third-order valence-electron chi connectivity index (χ3n) is 3.20. The van der Waals surface area contributed by atoms with Gasteiger partial charge in [0, 0.05) is 36.6 Å². The van der Waals surface area contributed by atoms with Crippen molar-refractivity contribution in [1.29, 1.82) is 0 Å². The zero-order valence-electron chi connectivity index (χ0n) is 11.3. The lowest BCUT2D eigenvalue weighted by molar-refractivity contribution is 0.166. The van der Waals surface area contributed by atoms with Gasteiger partial charge in [-0.1, -0.05) is 12.1 Å². The summed E-state index contributed by atoms with van der Waals surface area (Å²) in [7, 11) is 0. The molecular weight excluding hydrogens is 264 g/mol. The number of rotatable bonds is 3. The van der Waals surface area contributed by atoms with Crippen LogP contribution in [0.4, 0.5) is 0 Å². The second kappa shape index (κ2) is 7.39. The van der Waals surface area contributed by atoms with Crippen molar-refractivity contribution in [2.24, 2.45) is 0 Å². The maximum absolute atomic E-state index is 3.57. The van der Waals surface area contributed by atoms with Crippen molar-refractivity contribution < 1.29 is 0 Å². The Bertz CT molecular complexity index is 345. The highest BCUT2D eigenvalue weighted by molar-refractivity contribution is 7.98. The van der Waals surface area contributed by atoms with E-state index >= 15 is 0 Å². The van der Waals surface area contributed by atoms with Crippen LogP contribution in [0.1, 0.15) is 19.4 Å². The molecule has 1 aliphatic heterocycles. The summed E-state index contributed by atoms with van der Waals surface area (Å²) >= 11 is 1.80. The second-order valence-electron chi connectivity index (χ2n) is 5.01. The molecule has 1 aliphatic rings. The Morgan fingerprint density at radius 3 is 2.22 bits per heavy atom. The van der Waals surface area contributed by atoms with Crippen LogP contribution < -0.4 is 5.32 Å². The van der Waals surface area contributed by atoms with Crippen LogP contribution in [0, 0.1) is 0 Å². The van der Waals surface area contributed by atoms with Gasteiger partial charge in [0.15, 0.2) is 0 Å². The summed E-state index contributed by atoms with van der Waals surface area (Å²) < 4.78 is 0. The smallest absolute Gasteiger partial charge is 0.0235 e. The first-order valence-electron chi connectivity index (χ1n) is 6.28. The van der Waals surface area contributed by atoms with Crippen molar-refractivity contribution in [3.05, 3.63) is 29.8 Å². The average Bonchev–Trinajstić information content (AvgIpc) is 2.28. The standard InChI is InChI=1S/C14H22N2S.ClH/c1-11-8-16(9-12(2)15-11)10-13-4-6-14(17-3)7-5-13;/h4-7,11-12,15H,8-10H2,1-3H3;1H. The average molecular weight is 287 g/mol. The molecule has 0 radical (unpaired) electrons. The summed E-state index contributed by atoms with van der Waals surface area (Å²) in [5.41, 5.74) is 1.42. The van der Waals surface area contributed by atoms with Gasteiger partial charge in [0.25, 0.3) is 0 Å². The molecule has 0 amide bonds. The van der Waals surface area contributed by atoms with E-state index in [9.17, 15) is 0 Å². The Balaban J connectivity index is 0.00000162. The van der Waals surface area contributed by atoms with Crippen LogP contribution in [0.3, 0.4) is 0 Å². The number of nitrogens with one attached hydrogen (secondary N) is 1. The van der Waals surface area contributed by atoms with Crippen LogP contribution in [0.25, 0.3) is 0 Å².